The summed E-state index contributed by atoms with van der Waals surface area (Å²) in [7, 11) is 0. The van der Waals surface area contributed by atoms with Gasteiger partial charge in [-0.05, 0) is 23.5 Å². The fraction of sp³-hybridized carbons (Fsp3) is 0.208. The van der Waals surface area contributed by atoms with Crippen molar-refractivity contribution in [3.05, 3.63) is 179 Å². The Morgan fingerprint density at radius 3 is 2.02 bits per heavy atom. The van der Waals surface area contributed by atoms with E-state index in [1.807, 2.05) is 12.3 Å². The van der Waals surface area contributed by atoms with Crippen molar-refractivity contribution in [1.82, 2.24) is 14.1 Å². The van der Waals surface area contributed by atoms with Gasteiger partial charge in [0.15, 0.2) is 0 Å². The van der Waals surface area contributed by atoms with Gasteiger partial charge in [-0.1, -0.05) is 33.6 Å². The number of hydrogen-bond acceptors (Lipinski definition) is 3. The molecule has 2 unspecified atom stereocenters. The summed E-state index contributed by atoms with van der Waals surface area (Å²) in [6, 6.07) is 59.0. The topological polar surface area (TPSA) is 35.2 Å². The zero-order valence-corrected chi connectivity index (χ0v) is 35.9. The molecular weight excluding hydrogens is 904 g/mol. The molecule has 0 amide bonds. The number of rotatable bonds is 7. The van der Waals surface area contributed by atoms with Gasteiger partial charge in [0.05, 0.1) is 0 Å². The zero-order valence-electron chi connectivity index (χ0n) is 33.6. The molecule has 2 aromatic heterocycles. The number of para-hydroxylation sites is 3. The van der Waals surface area contributed by atoms with Crippen molar-refractivity contribution in [3.8, 4) is 45.1 Å². The predicted molar refractivity (Wildman–Crippen MR) is 236 cm³/mol. The van der Waals surface area contributed by atoms with Gasteiger partial charge in [0.25, 0.3) is 0 Å². The Morgan fingerprint density at radius 2 is 1.31 bits per heavy atom. The van der Waals surface area contributed by atoms with Crippen LogP contribution in [0.3, 0.4) is 0 Å². The van der Waals surface area contributed by atoms with E-state index >= 15 is 0 Å². The van der Waals surface area contributed by atoms with Crippen molar-refractivity contribution in [3.63, 3.8) is 0 Å². The fourth-order valence-electron chi connectivity index (χ4n) is 9.24. The van der Waals surface area contributed by atoms with Gasteiger partial charge in [-0.25, -0.2) is 0 Å². The van der Waals surface area contributed by atoms with Crippen molar-refractivity contribution >= 4 is 22.5 Å². The Morgan fingerprint density at radius 1 is 0.661 bits per heavy atom. The Bertz CT molecular complexity index is 2810. The van der Waals surface area contributed by atoms with E-state index < -0.39 is 0 Å². The van der Waals surface area contributed by atoms with Crippen LogP contribution in [0.5, 0.6) is 11.5 Å². The molecule has 0 spiro atoms. The fourth-order valence-corrected chi connectivity index (χ4v) is 10.3. The van der Waals surface area contributed by atoms with Crippen molar-refractivity contribution < 1.29 is 24.1 Å². The Balaban J connectivity index is 1.07. The van der Waals surface area contributed by atoms with Gasteiger partial charge in [0.2, 0.25) is 0 Å². The van der Waals surface area contributed by atoms with Crippen LogP contribution in [0.2, 0.25) is 0 Å². The summed E-state index contributed by atoms with van der Waals surface area (Å²) in [6.45, 7) is 7.73. The monoisotopic (exact) mass is 949 g/mol. The summed E-state index contributed by atoms with van der Waals surface area (Å²) in [6.07, 6.45) is 6.99. The molecule has 296 valence electrons. The van der Waals surface area contributed by atoms with Crippen molar-refractivity contribution in [2.24, 2.45) is 5.92 Å². The van der Waals surface area contributed by atoms with Gasteiger partial charge in [0, 0.05) is 6.20 Å². The maximum absolute atomic E-state index is 6.72. The third-order valence-corrected chi connectivity index (χ3v) is 13.2. The van der Waals surface area contributed by atoms with E-state index in [1.165, 1.54) is 47.9 Å². The quantitative estimate of drug-likeness (QED) is 0.149. The van der Waals surface area contributed by atoms with Crippen LogP contribution in [0.4, 0.5) is 11.5 Å². The van der Waals surface area contributed by atoms with Gasteiger partial charge >= 0.3 is 297 Å². The molecule has 0 radical (unpaired) electrons. The molecule has 1 aliphatic heterocycles. The molecule has 3 heterocycles. The first-order valence-electron chi connectivity index (χ1n) is 20.7. The second kappa shape index (κ2) is 15.4. The molecule has 1 fully saturated rings. The van der Waals surface area contributed by atoms with Gasteiger partial charge in [-0.2, -0.15) is 0 Å². The maximum atomic E-state index is 6.72. The van der Waals surface area contributed by atoms with E-state index in [0.717, 1.165) is 55.4 Å². The summed E-state index contributed by atoms with van der Waals surface area (Å²) < 4.78 is 12.4. The number of aromatic nitrogens is 3. The number of fused-ring (bicyclic) bond motifs is 4. The summed E-state index contributed by atoms with van der Waals surface area (Å²) in [5, 5.41) is 0. The van der Waals surface area contributed by atoms with E-state index in [2.05, 4.69) is 206 Å². The zero-order chi connectivity index (χ0) is 40.1. The third-order valence-electron chi connectivity index (χ3n) is 12.2. The molecule has 59 heavy (non-hydrogen) atoms. The number of nitrogens with zero attached hydrogens (tertiary/aromatic N) is 4. The van der Waals surface area contributed by atoms with Crippen molar-refractivity contribution in [1.29, 1.82) is 0 Å². The average Bonchev–Trinajstić information content (AvgIpc) is 3.57. The normalized spacial score (nSPS) is 16.5. The Labute approximate surface area is 358 Å². The minimum atomic E-state index is 0.0246. The summed E-state index contributed by atoms with van der Waals surface area (Å²) in [5.74, 6) is 3.43. The Hall–Kier alpha value is -5.77. The predicted octanol–water partition coefficient (Wildman–Crippen LogP) is 13.3. The van der Waals surface area contributed by atoms with Gasteiger partial charge in [-0.15, -0.1) is 0 Å². The number of benzene rings is 6. The van der Waals surface area contributed by atoms with Gasteiger partial charge in [0.1, 0.15) is 0 Å². The SMILES string of the molecule is CC(C)(C)c1ccnc(N2CC3CCCCC3c3ccc(Oc4[c-]c(-n5[c](=[Pt])n(-c6c(-c7ccccc7)cccc6-c6ccccc6)c6ccccc65)ccc4)[c-]c32)c1. The molecular formula is C53H46N4OPt-2. The molecule has 2 aliphatic rings. The van der Waals surface area contributed by atoms with Crippen LogP contribution in [0, 0.1) is 21.9 Å². The molecule has 0 N–H and O–H groups in total. The van der Waals surface area contributed by atoms with E-state index in [-0.39, 0.29) is 5.41 Å². The Kier molecular flexibility index (Phi) is 9.81. The number of anilines is 2. The second-order valence-corrected chi connectivity index (χ2v) is 17.9. The molecule has 0 saturated heterocycles. The molecule has 1 saturated carbocycles. The van der Waals surface area contributed by atoms with Crippen LogP contribution in [-0.4, -0.2) is 20.7 Å². The molecule has 8 aromatic rings. The van der Waals surface area contributed by atoms with E-state index in [4.69, 9.17) is 9.72 Å². The minimum absolute atomic E-state index is 0.0246. The molecule has 6 heteroatoms. The second-order valence-electron chi connectivity index (χ2n) is 16.9. The summed E-state index contributed by atoms with van der Waals surface area (Å²) in [5.41, 5.74) is 12.6. The number of imidazole rings is 1. The van der Waals surface area contributed by atoms with Crippen LogP contribution in [0.15, 0.2) is 152 Å². The molecule has 5 nitrogen and oxygen atoms in total. The molecule has 10 rings (SSSR count). The number of ether oxygens (including phenoxy) is 1. The third kappa shape index (κ3) is 7.00. The van der Waals surface area contributed by atoms with Crippen LogP contribution in [0.25, 0.3) is 44.7 Å². The standard InChI is InChI=1S/C53H46N4O.Pt/c1-53(2,3)40-30-31-54-51(32-40)55-35-39-20-10-11-23-44(39)47-29-28-43(34-50(47)55)58-42-22-14-21-41(33-42)56-36-57(49-27-13-12-26-48(49)56)52-45(37-16-6-4-7-17-37)24-15-25-46(52)38-18-8-5-9-19-38;/h4-9,12-19,21-22,24-32,39,44H,10-11,20,23,35H2,1-3H3;/q-2;. The van der Waals surface area contributed by atoms with Crippen LogP contribution >= 0.6 is 0 Å². The van der Waals surface area contributed by atoms with Gasteiger partial charge < -0.3 is 0 Å². The molecule has 1 aliphatic carbocycles. The summed E-state index contributed by atoms with van der Waals surface area (Å²) in [4.78, 5) is 7.32. The van der Waals surface area contributed by atoms with E-state index in [1.54, 1.807) is 0 Å². The average molecular weight is 950 g/mol. The van der Waals surface area contributed by atoms with E-state index in [0.29, 0.717) is 23.3 Å². The molecule has 0 bridgehead atoms. The number of pyridine rings is 1. The van der Waals surface area contributed by atoms with Crippen molar-refractivity contribution in [2.75, 3.05) is 11.4 Å². The first kappa shape index (κ1) is 37.5. The molecule has 2 atom stereocenters. The first-order chi connectivity index (χ1) is 28.8. The van der Waals surface area contributed by atoms with Crippen LogP contribution in [-0.2, 0) is 24.8 Å². The van der Waals surface area contributed by atoms with E-state index in [9.17, 15) is 0 Å². The first-order valence-corrected chi connectivity index (χ1v) is 21.9. The van der Waals surface area contributed by atoms with Crippen molar-refractivity contribution in [2.45, 2.75) is 57.8 Å². The van der Waals surface area contributed by atoms with Gasteiger partial charge in [-0.3, -0.25) is 0 Å². The molecule has 6 aromatic carbocycles. The van der Waals surface area contributed by atoms with Crippen LogP contribution < -0.4 is 9.64 Å². The van der Waals surface area contributed by atoms with Crippen LogP contribution in [0.1, 0.15) is 63.5 Å². The summed E-state index contributed by atoms with van der Waals surface area (Å²) >= 11 is 2.49. The number of hydrogen-bond donors (Lipinski definition) is 0.